The van der Waals surface area contributed by atoms with Crippen LogP contribution in [0, 0.1) is 5.92 Å². The summed E-state index contributed by atoms with van der Waals surface area (Å²) in [5, 5.41) is 6.29. The number of hydrogen-bond donors (Lipinski definition) is 2. The van der Waals surface area contributed by atoms with Gasteiger partial charge in [-0.2, -0.15) is 0 Å². The van der Waals surface area contributed by atoms with Gasteiger partial charge in [0.1, 0.15) is 12.4 Å². The number of nitrogens with one attached hydrogen (secondary N) is 2. The molecule has 3 aliphatic rings. The van der Waals surface area contributed by atoms with Crippen molar-refractivity contribution in [2.45, 2.75) is 31.7 Å². The largest absolute Gasteiger partial charge is 0.488 e. The van der Waals surface area contributed by atoms with Gasteiger partial charge in [-0.05, 0) is 50.3 Å². The van der Waals surface area contributed by atoms with Gasteiger partial charge in [-0.15, -0.1) is 12.4 Å². The van der Waals surface area contributed by atoms with E-state index in [0.717, 1.165) is 50.1 Å². The lowest BCUT2D eigenvalue weighted by atomic mass is 9.96. The van der Waals surface area contributed by atoms with E-state index < -0.39 is 0 Å². The number of carbonyl (C=O) groups excluding carboxylic acids is 2. The van der Waals surface area contributed by atoms with E-state index in [1.54, 1.807) is 0 Å². The second-order valence-corrected chi connectivity index (χ2v) is 7.65. The number of hydrogen-bond acceptors (Lipinski definition) is 4. The molecule has 2 N–H and O–H groups in total. The first-order chi connectivity index (χ1) is 13.2. The quantitative estimate of drug-likeness (QED) is 0.803. The van der Waals surface area contributed by atoms with Crippen molar-refractivity contribution < 1.29 is 14.3 Å². The maximum Gasteiger partial charge on any atom is 0.253 e. The summed E-state index contributed by atoms with van der Waals surface area (Å²) >= 11 is 0. The number of para-hydroxylation sites is 1. The number of carbonyl (C=O) groups is 2. The molecule has 6 nitrogen and oxygen atoms in total. The molecule has 0 bridgehead atoms. The van der Waals surface area contributed by atoms with E-state index in [2.05, 4.69) is 10.6 Å². The Bertz CT molecular complexity index is 746. The van der Waals surface area contributed by atoms with E-state index in [4.69, 9.17) is 4.74 Å². The number of halogens is 1. The summed E-state index contributed by atoms with van der Waals surface area (Å²) in [6.45, 7) is 3.34. The predicted molar refractivity (Wildman–Crippen MR) is 111 cm³/mol. The summed E-state index contributed by atoms with van der Waals surface area (Å²) in [5.41, 5.74) is 1.66. The van der Waals surface area contributed by atoms with Crippen LogP contribution in [0.15, 0.2) is 29.8 Å². The van der Waals surface area contributed by atoms with E-state index in [1.807, 2.05) is 35.2 Å². The van der Waals surface area contributed by atoms with E-state index in [9.17, 15) is 9.59 Å². The summed E-state index contributed by atoms with van der Waals surface area (Å²) in [6.07, 6.45) is 5.93. The van der Waals surface area contributed by atoms with Crippen LogP contribution in [0.25, 0.3) is 6.08 Å². The third kappa shape index (κ3) is 4.67. The van der Waals surface area contributed by atoms with Gasteiger partial charge in [-0.3, -0.25) is 9.59 Å². The molecule has 1 aromatic carbocycles. The maximum atomic E-state index is 12.9. The molecular weight excluding hydrogens is 378 g/mol. The highest BCUT2D eigenvalue weighted by molar-refractivity contribution is 5.99. The smallest absolute Gasteiger partial charge is 0.253 e. The summed E-state index contributed by atoms with van der Waals surface area (Å²) in [5.74, 6) is 1.29. The monoisotopic (exact) mass is 405 g/mol. The van der Waals surface area contributed by atoms with Gasteiger partial charge in [-0.25, -0.2) is 0 Å². The number of amides is 2. The van der Waals surface area contributed by atoms with Crippen molar-refractivity contribution >= 4 is 30.3 Å². The fourth-order valence-corrected chi connectivity index (χ4v) is 4.14. The maximum absolute atomic E-state index is 12.9. The predicted octanol–water partition coefficient (Wildman–Crippen LogP) is 1.99. The van der Waals surface area contributed by atoms with Gasteiger partial charge in [0.05, 0.1) is 11.6 Å². The van der Waals surface area contributed by atoms with E-state index in [0.29, 0.717) is 31.2 Å². The van der Waals surface area contributed by atoms with Crippen molar-refractivity contribution in [1.29, 1.82) is 0 Å². The highest BCUT2D eigenvalue weighted by atomic mass is 35.5. The van der Waals surface area contributed by atoms with Crippen molar-refractivity contribution in [2.24, 2.45) is 5.92 Å². The van der Waals surface area contributed by atoms with Crippen molar-refractivity contribution in [1.82, 2.24) is 15.5 Å². The number of likely N-dealkylation sites (tertiary alicyclic amines) is 1. The fraction of sp³-hybridized carbons (Fsp3) is 0.524. The molecule has 2 amide bonds. The van der Waals surface area contributed by atoms with Gasteiger partial charge >= 0.3 is 0 Å². The summed E-state index contributed by atoms with van der Waals surface area (Å²) in [6, 6.07) is 7.73. The number of benzene rings is 1. The lowest BCUT2D eigenvalue weighted by molar-refractivity contribution is -0.129. The Kier molecular flexibility index (Phi) is 6.97. The molecule has 2 unspecified atom stereocenters. The second kappa shape index (κ2) is 9.43. The molecule has 1 aromatic rings. The number of nitrogens with zero attached hydrogens (tertiary/aromatic N) is 1. The SMILES string of the molecule is Cl.O=C(NCC1CCCN(C(=O)C2=Cc3ccccc3OC2)C1)C1CCCN1. The number of fused-ring (bicyclic) bond motifs is 1. The molecule has 3 aliphatic heterocycles. The molecule has 2 atom stereocenters. The number of ether oxygens (including phenoxy) is 1. The molecule has 0 radical (unpaired) electrons. The third-order valence-corrected chi connectivity index (χ3v) is 5.65. The third-order valence-electron chi connectivity index (χ3n) is 5.65. The van der Waals surface area contributed by atoms with Crippen molar-refractivity contribution in [3.63, 3.8) is 0 Å². The normalized spacial score (nSPS) is 23.7. The Balaban J connectivity index is 0.00000225. The molecule has 0 aromatic heterocycles. The van der Waals surface area contributed by atoms with Crippen LogP contribution in [0.2, 0.25) is 0 Å². The topological polar surface area (TPSA) is 70.7 Å². The Labute approximate surface area is 172 Å². The lowest BCUT2D eigenvalue weighted by Gasteiger charge is -2.34. The van der Waals surface area contributed by atoms with Gasteiger partial charge in [-0.1, -0.05) is 18.2 Å². The van der Waals surface area contributed by atoms with Crippen LogP contribution in [0.4, 0.5) is 0 Å². The molecule has 152 valence electrons. The van der Waals surface area contributed by atoms with Gasteiger partial charge in [0, 0.05) is 25.2 Å². The van der Waals surface area contributed by atoms with E-state index >= 15 is 0 Å². The second-order valence-electron chi connectivity index (χ2n) is 7.65. The van der Waals surface area contributed by atoms with Gasteiger partial charge in [0.15, 0.2) is 0 Å². The minimum absolute atomic E-state index is 0. The molecule has 0 saturated carbocycles. The fourth-order valence-electron chi connectivity index (χ4n) is 4.14. The number of piperidine rings is 1. The molecule has 0 spiro atoms. The van der Waals surface area contributed by atoms with Crippen LogP contribution >= 0.6 is 12.4 Å². The van der Waals surface area contributed by atoms with Crippen LogP contribution < -0.4 is 15.4 Å². The number of rotatable bonds is 4. The van der Waals surface area contributed by atoms with Crippen molar-refractivity contribution in [3.8, 4) is 5.75 Å². The Morgan fingerprint density at radius 2 is 2.07 bits per heavy atom. The molecule has 0 aliphatic carbocycles. The first-order valence-corrected chi connectivity index (χ1v) is 9.93. The Morgan fingerprint density at radius 1 is 1.21 bits per heavy atom. The highest BCUT2D eigenvalue weighted by Gasteiger charge is 2.28. The molecule has 3 heterocycles. The molecule has 2 saturated heterocycles. The van der Waals surface area contributed by atoms with E-state index in [-0.39, 0.29) is 30.3 Å². The molecule has 28 heavy (non-hydrogen) atoms. The minimum atomic E-state index is -0.0454. The van der Waals surface area contributed by atoms with Crippen LogP contribution in [0.1, 0.15) is 31.2 Å². The van der Waals surface area contributed by atoms with Crippen molar-refractivity contribution in [2.75, 3.05) is 32.8 Å². The molecule has 2 fully saturated rings. The summed E-state index contributed by atoms with van der Waals surface area (Å²) < 4.78 is 5.73. The van der Waals surface area contributed by atoms with E-state index in [1.165, 1.54) is 0 Å². The van der Waals surface area contributed by atoms with Gasteiger partial charge < -0.3 is 20.3 Å². The Hall–Kier alpha value is -2.05. The molecule has 7 heteroatoms. The first-order valence-electron chi connectivity index (χ1n) is 9.93. The van der Waals surface area contributed by atoms with Crippen LogP contribution in [0.3, 0.4) is 0 Å². The van der Waals surface area contributed by atoms with Crippen LogP contribution in [0.5, 0.6) is 5.75 Å². The Morgan fingerprint density at radius 3 is 2.89 bits per heavy atom. The first kappa shape index (κ1) is 20.7. The minimum Gasteiger partial charge on any atom is -0.488 e. The summed E-state index contributed by atoms with van der Waals surface area (Å²) in [4.78, 5) is 27.0. The zero-order valence-corrected chi connectivity index (χ0v) is 16.8. The van der Waals surface area contributed by atoms with Crippen molar-refractivity contribution in [3.05, 3.63) is 35.4 Å². The van der Waals surface area contributed by atoms with Gasteiger partial charge in [0.25, 0.3) is 5.91 Å². The van der Waals surface area contributed by atoms with Crippen LogP contribution in [-0.4, -0.2) is 55.5 Å². The molecular formula is C21H28ClN3O3. The average molecular weight is 406 g/mol. The van der Waals surface area contributed by atoms with Crippen LogP contribution in [-0.2, 0) is 9.59 Å². The summed E-state index contributed by atoms with van der Waals surface area (Å²) in [7, 11) is 0. The zero-order valence-electron chi connectivity index (χ0n) is 16.0. The highest BCUT2D eigenvalue weighted by Crippen LogP contribution is 2.27. The molecule has 4 rings (SSSR count). The van der Waals surface area contributed by atoms with Gasteiger partial charge in [0.2, 0.25) is 5.91 Å². The zero-order chi connectivity index (χ0) is 18.6. The average Bonchev–Trinajstić information content (AvgIpc) is 3.26. The lowest BCUT2D eigenvalue weighted by Crippen LogP contribution is -2.47. The standard InChI is InChI=1S/C21H27N3O3.ClH/c25-20(18-7-3-9-22-18)23-12-15-5-4-10-24(13-15)21(26)17-11-16-6-1-2-8-19(16)27-14-17;/h1-2,6,8,11,15,18,22H,3-5,7,9-10,12-14H2,(H,23,25);1H.